The molecule has 1 unspecified atom stereocenters. The molecule has 1 N–H and O–H groups in total. The van der Waals surface area contributed by atoms with Crippen molar-refractivity contribution in [2.24, 2.45) is 0 Å². The van der Waals surface area contributed by atoms with E-state index in [4.69, 9.17) is 4.74 Å². The molecule has 0 bridgehead atoms. The highest BCUT2D eigenvalue weighted by Crippen LogP contribution is 2.25. The normalized spacial score (nSPS) is 12.2. The van der Waals surface area contributed by atoms with Crippen molar-refractivity contribution in [2.45, 2.75) is 26.3 Å². The van der Waals surface area contributed by atoms with Gasteiger partial charge in [0.15, 0.2) is 0 Å². The Balaban J connectivity index is 2.03. The first kappa shape index (κ1) is 15.9. The van der Waals surface area contributed by atoms with Crippen LogP contribution in [0.15, 0.2) is 41.0 Å². The van der Waals surface area contributed by atoms with Gasteiger partial charge in [-0.25, -0.2) is 9.37 Å². The number of rotatable bonds is 6. The molecule has 21 heavy (non-hydrogen) atoms. The Morgan fingerprint density at radius 3 is 2.76 bits per heavy atom. The minimum absolute atomic E-state index is 0.256. The average molecular weight is 353 g/mol. The summed E-state index contributed by atoms with van der Waals surface area (Å²) in [6.45, 7) is 5.21. The molecule has 0 fully saturated rings. The van der Waals surface area contributed by atoms with Crippen molar-refractivity contribution in [3.05, 3.63) is 52.4 Å². The van der Waals surface area contributed by atoms with Gasteiger partial charge in [-0.2, -0.15) is 0 Å². The summed E-state index contributed by atoms with van der Waals surface area (Å²) in [5, 5.41) is 3.40. The third-order valence-corrected chi connectivity index (χ3v) is 3.68. The molecule has 0 saturated carbocycles. The fourth-order valence-corrected chi connectivity index (χ4v) is 2.21. The molecule has 0 aliphatic rings. The number of benzene rings is 1. The topological polar surface area (TPSA) is 34.1 Å². The molecule has 0 spiro atoms. The van der Waals surface area contributed by atoms with E-state index in [0.29, 0.717) is 16.1 Å². The number of hydrogen-bond donors (Lipinski definition) is 1. The standard InChI is InChI=1S/C16H18BrFN2O/c1-3-8-19-11(2)12-4-7-16(20-10-12)21-13-5-6-15(18)14(17)9-13/h4-7,9-11,19H,3,8H2,1-2H3. The molecule has 2 aromatic rings. The average Bonchev–Trinajstić information content (AvgIpc) is 2.49. The summed E-state index contributed by atoms with van der Waals surface area (Å²) in [5.74, 6) is 0.710. The molecular formula is C16H18BrFN2O. The second-order valence-corrected chi connectivity index (χ2v) is 5.64. The Bertz CT molecular complexity index is 589. The Labute approximate surface area is 132 Å². The van der Waals surface area contributed by atoms with Gasteiger partial charge in [-0.15, -0.1) is 0 Å². The van der Waals surface area contributed by atoms with Crippen molar-refractivity contribution < 1.29 is 9.13 Å². The molecule has 3 nitrogen and oxygen atoms in total. The summed E-state index contributed by atoms with van der Waals surface area (Å²) in [7, 11) is 0. The van der Waals surface area contributed by atoms with Crippen LogP contribution in [0.2, 0.25) is 0 Å². The van der Waals surface area contributed by atoms with E-state index < -0.39 is 0 Å². The van der Waals surface area contributed by atoms with Gasteiger partial charge in [0, 0.05) is 18.3 Å². The van der Waals surface area contributed by atoms with Gasteiger partial charge in [0.25, 0.3) is 0 Å². The monoisotopic (exact) mass is 352 g/mol. The maximum Gasteiger partial charge on any atom is 0.219 e. The van der Waals surface area contributed by atoms with Gasteiger partial charge in [-0.3, -0.25) is 0 Å². The van der Waals surface area contributed by atoms with Gasteiger partial charge in [0.05, 0.1) is 4.47 Å². The van der Waals surface area contributed by atoms with Crippen LogP contribution < -0.4 is 10.1 Å². The first-order valence-electron chi connectivity index (χ1n) is 6.92. The Hall–Kier alpha value is -1.46. The highest BCUT2D eigenvalue weighted by molar-refractivity contribution is 9.10. The third-order valence-electron chi connectivity index (χ3n) is 3.07. The smallest absolute Gasteiger partial charge is 0.219 e. The zero-order valence-electron chi connectivity index (χ0n) is 12.1. The summed E-state index contributed by atoms with van der Waals surface area (Å²) in [6, 6.07) is 8.55. The summed E-state index contributed by atoms with van der Waals surface area (Å²) in [4.78, 5) is 4.28. The van der Waals surface area contributed by atoms with Crippen molar-refractivity contribution in [1.29, 1.82) is 0 Å². The maximum atomic E-state index is 13.2. The van der Waals surface area contributed by atoms with Gasteiger partial charge in [-0.05, 0) is 59.6 Å². The second kappa shape index (κ2) is 7.52. The molecule has 0 radical (unpaired) electrons. The SMILES string of the molecule is CCCNC(C)c1ccc(Oc2ccc(F)c(Br)c2)nc1. The van der Waals surface area contributed by atoms with Gasteiger partial charge in [-0.1, -0.05) is 13.0 Å². The van der Waals surface area contributed by atoms with E-state index in [0.717, 1.165) is 18.5 Å². The van der Waals surface area contributed by atoms with Gasteiger partial charge < -0.3 is 10.1 Å². The summed E-state index contributed by atoms with van der Waals surface area (Å²) in [6.07, 6.45) is 2.89. The minimum Gasteiger partial charge on any atom is -0.439 e. The molecule has 0 aliphatic carbocycles. The zero-order valence-corrected chi connectivity index (χ0v) is 13.7. The van der Waals surface area contributed by atoms with Gasteiger partial charge >= 0.3 is 0 Å². The van der Waals surface area contributed by atoms with Crippen LogP contribution in [0, 0.1) is 5.82 Å². The number of aromatic nitrogens is 1. The van der Waals surface area contributed by atoms with Crippen LogP contribution in [0.3, 0.4) is 0 Å². The highest BCUT2D eigenvalue weighted by Gasteiger charge is 2.06. The van der Waals surface area contributed by atoms with Crippen LogP contribution in [0.5, 0.6) is 11.6 Å². The number of pyridine rings is 1. The predicted molar refractivity (Wildman–Crippen MR) is 85.1 cm³/mol. The fraction of sp³-hybridized carbons (Fsp3) is 0.312. The predicted octanol–water partition coefficient (Wildman–Crippen LogP) is 4.84. The van der Waals surface area contributed by atoms with Crippen LogP contribution in [0.4, 0.5) is 4.39 Å². The molecule has 0 aliphatic heterocycles. The number of halogens is 2. The van der Waals surface area contributed by atoms with Crippen molar-refractivity contribution in [2.75, 3.05) is 6.54 Å². The zero-order chi connectivity index (χ0) is 15.2. The molecule has 1 heterocycles. The summed E-state index contributed by atoms with van der Waals surface area (Å²) < 4.78 is 19.1. The van der Waals surface area contributed by atoms with Crippen LogP contribution in [0.1, 0.15) is 31.9 Å². The van der Waals surface area contributed by atoms with Crippen LogP contribution in [0.25, 0.3) is 0 Å². The van der Waals surface area contributed by atoms with Crippen molar-refractivity contribution in [1.82, 2.24) is 10.3 Å². The van der Waals surface area contributed by atoms with Crippen molar-refractivity contribution in [3.8, 4) is 11.6 Å². The van der Waals surface area contributed by atoms with E-state index in [1.807, 2.05) is 12.1 Å². The third kappa shape index (κ3) is 4.51. The Kier molecular flexibility index (Phi) is 5.70. The van der Waals surface area contributed by atoms with E-state index in [1.54, 1.807) is 18.3 Å². The molecule has 1 aromatic heterocycles. The van der Waals surface area contributed by atoms with Gasteiger partial charge in [0.2, 0.25) is 5.88 Å². The lowest BCUT2D eigenvalue weighted by Gasteiger charge is -2.13. The van der Waals surface area contributed by atoms with E-state index in [-0.39, 0.29) is 11.9 Å². The molecule has 1 atom stereocenters. The fourth-order valence-electron chi connectivity index (χ4n) is 1.85. The first-order valence-corrected chi connectivity index (χ1v) is 7.71. The van der Waals surface area contributed by atoms with Crippen LogP contribution in [-0.2, 0) is 0 Å². The van der Waals surface area contributed by atoms with Gasteiger partial charge in [0.1, 0.15) is 11.6 Å². The number of hydrogen-bond acceptors (Lipinski definition) is 3. The summed E-state index contributed by atoms with van der Waals surface area (Å²) >= 11 is 3.13. The number of ether oxygens (including phenoxy) is 1. The lowest BCUT2D eigenvalue weighted by Crippen LogP contribution is -2.19. The molecule has 1 aromatic carbocycles. The Morgan fingerprint density at radius 2 is 2.14 bits per heavy atom. The first-order chi connectivity index (χ1) is 10.1. The highest BCUT2D eigenvalue weighted by atomic mass is 79.9. The minimum atomic E-state index is -0.318. The molecule has 112 valence electrons. The van der Waals surface area contributed by atoms with E-state index in [1.165, 1.54) is 6.07 Å². The largest absolute Gasteiger partial charge is 0.439 e. The lowest BCUT2D eigenvalue weighted by atomic mass is 10.1. The molecule has 2 rings (SSSR count). The quantitative estimate of drug-likeness (QED) is 0.807. The van der Waals surface area contributed by atoms with Crippen molar-refractivity contribution >= 4 is 15.9 Å². The van der Waals surface area contributed by atoms with E-state index in [9.17, 15) is 4.39 Å². The lowest BCUT2D eigenvalue weighted by molar-refractivity contribution is 0.459. The second-order valence-electron chi connectivity index (χ2n) is 4.78. The molecule has 0 saturated heterocycles. The van der Waals surface area contributed by atoms with Crippen LogP contribution >= 0.6 is 15.9 Å². The Morgan fingerprint density at radius 1 is 1.33 bits per heavy atom. The number of nitrogens with zero attached hydrogens (tertiary/aromatic N) is 1. The maximum absolute atomic E-state index is 13.2. The molecular weight excluding hydrogens is 335 g/mol. The van der Waals surface area contributed by atoms with Crippen molar-refractivity contribution in [3.63, 3.8) is 0 Å². The molecule has 5 heteroatoms. The number of nitrogens with one attached hydrogen (secondary N) is 1. The van der Waals surface area contributed by atoms with E-state index >= 15 is 0 Å². The van der Waals surface area contributed by atoms with E-state index in [2.05, 4.69) is 40.1 Å². The summed E-state index contributed by atoms with van der Waals surface area (Å²) in [5.41, 5.74) is 1.11. The van der Waals surface area contributed by atoms with Crippen LogP contribution in [-0.4, -0.2) is 11.5 Å². The molecule has 0 amide bonds.